The summed E-state index contributed by atoms with van der Waals surface area (Å²) in [6.07, 6.45) is 2.34. The Labute approximate surface area is 91.8 Å². The van der Waals surface area contributed by atoms with Crippen LogP contribution in [0, 0.1) is 0 Å². The summed E-state index contributed by atoms with van der Waals surface area (Å²) in [4.78, 5) is 26.0. The zero-order chi connectivity index (χ0) is 11.5. The van der Waals surface area contributed by atoms with Gasteiger partial charge in [-0.15, -0.1) is 0 Å². The molecule has 1 unspecified atom stereocenters. The van der Waals surface area contributed by atoms with Crippen molar-refractivity contribution in [3.63, 3.8) is 0 Å². The van der Waals surface area contributed by atoms with Crippen molar-refractivity contribution in [1.29, 1.82) is 0 Å². The van der Waals surface area contributed by atoms with E-state index >= 15 is 0 Å². The van der Waals surface area contributed by atoms with Crippen molar-refractivity contribution in [3.8, 4) is 0 Å². The highest BCUT2D eigenvalue weighted by molar-refractivity contribution is 6.50. The maximum Gasteiger partial charge on any atom is 0.353 e. The number of carbonyl (C=O) groups is 2. The minimum atomic E-state index is -0.788. The lowest BCUT2D eigenvalue weighted by Gasteiger charge is -2.11. The Hall–Kier alpha value is -2.32. The van der Waals surface area contributed by atoms with E-state index in [4.69, 9.17) is 5.53 Å². The van der Waals surface area contributed by atoms with Crippen LogP contribution in [0.3, 0.4) is 0 Å². The quantitative estimate of drug-likeness (QED) is 0.517. The van der Waals surface area contributed by atoms with Gasteiger partial charge in [-0.3, -0.25) is 9.59 Å². The molecule has 0 aromatic heterocycles. The maximum atomic E-state index is 11.7. The van der Waals surface area contributed by atoms with Crippen molar-refractivity contribution in [2.75, 3.05) is 0 Å². The first-order valence-corrected chi connectivity index (χ1v) is 4.77. The van der Waals surface area contributed by atoms with Gasteiger partial charge >= 0.3 is 5.71 Å². The number of benzene rings is 1. The lowest BCUT2D eigenvalue weighted by molar-refractivity contribution is -0.120. The number of ketones is 2. The summed E-state index contributed by atoms with van der Waals surface area (Å²) in [6, 6.07) is 8.78. The number of rotatable bonds is 1. The van der Waals surface area contributed by atoms with Crippen molar-refractivity contribution < 1.29 is 14.4 Å². The van der Waals surface area contributed by atoms with Gasteiger partial charge < -0.3 is 5.53 Å². The van der Waals surface area contributed by atoms with E-state index in [2.05, 4.69) is 4.79 Å². The number of hydrogen-bond acceptors (Lipinski definition) is 2. The van der Waals surface area contributed by atoms with E-state index in [1.165, 1.54) is 6.08 Å². The Morgan fingerprint density at radius 3 is 2.38 bits per heavy atom. The van der Waals surface area contributed by atoms with Gasteiger partial charge in [0.15, 0.2) is 11.7 Å². The minimum absolute atomic E-state index is 0.126. The average Bonchev–Trinajstić information content (AvgIpc) is 2.33. The molecule has 78 valence electrons. The Morgan fingerprint density at radius 2 is 1.75 bits per heavy atom. The van der Waals surface area contributed by atoms with Gasteiger partial charge in [-0.1, -0.05) is 30.3 Å². The molecule has 4 nitrogen and oxygen atoms in total. The van der Waals surface area contributed by atoms with Crippen molar-refractivity contribution in [1.82, 2.24) is 0 Å². The van der Waals surface area contributed by atoms with Crippen molar-refractivity contribution >= 4 is 17.3 Å². The van der Waals surface area contributed by atoms with Crippen molar-refractivity contribution in [3.05, 3.63) is 53.6 Å². The van der Waals surface area contributed by atoms with Crippen molar-refractivity contribution in [2.45, 2.75) is 5.92 Å². The molecule has 0 bridgehead atoms. The van der Waals surface area contributed by atoms with Crippen LogP contribution in [0.5, 0.6) is 0 Å². The third-order valence-corrected chi connectivity index (χ3v) is 2.45. The van der Waals surface area contributed by atoms with Crippen molar-refractivity contribution in [2.24, 2.45) is 0 Å². The predicted octanol–water partition coefficient (Wildman–Crippen LogP) is 1.15. The summed E-state index contributed by atoms with van der Waals surface area (Å²) >= 11 is 0. The lowest BCUT2D eigenvalue weighted by Crippen LogP contribution is -2.31. The van der Waals surface area contributed by atoms with Gasteiger partial charge in [0.1, 0.15) is 0 Å². The van der Waals surface area contributed by atoms with Gasteiger partial charge in [0.2, 0.25) is 0 Å². The molecule has 0 radical (unpaired) electrons. The Kier molecular flexibility index (Phi) is 2.58. The first-order chi connectivity index (χ1) is 7.74. The molecular formula is C12H8N2O2. The molecule has 1 aromatic rings. The number of carbonyl (C=O) groups excluding carboxylic acids is 2. The largest absolute Gasteiger partial charge is 0.361 e. The van der Waals surface area contributed by atoms with Crippen LogP contribution in [0.1, 0.15) is 11.5 Å². The highest BCUT2D eigenvalue weighted by Crippen LogP contribution is 2.21. The van der Waals surface area contributed by atoms with Crippen LogP contribution in [0.25, 0.3) is 5.53 Å². The molecule has 0 saturated heterocycles. The molecule has 0 spiro atoms. The van der Waals surface area contributed by atoms with E-state index in [0.717, 1.165) is 6.08 Å². The molecule has 0 saturated carbocycles. The summed E-state index contributed by atoms with van der Waals surface area (Å²) in [5.74, 6) is -1.47. The first-order valence-electron chi connectivity index (χ1n) is 4.77. The van der Waals surface area contributed by atoms with E-state index in [-0.39, 0.29) is 11.5 Å². The molecule has 0 aliphatic heterocycles. The van der Waals surface area contributed by atoms with E-state index in [9.17, 15) is 9.59 Å². The second-order valence-corrected chi connectivity index (χ2v) is 3.43. The van der Waals surface area contributed by atoms with Crippen LogP contribution in [0.2, 0.25) is 0 Å². The SMILES string of the molecule is [N-]=[N+]=C1C(=O)C=CC(=O)C1c1ccccc1. The predicted molar refractivity (Wildman–Crippen MR) is 57.0 cm³/mol. The summed E-state index contributed by atoms with van der Waals surface area (Å²) in [5, 5.41) is 0. The highest BCUT2D eigenvalue weighted by Gasteiger charge is 2.38. The van der Waals surface area contributed by atoms with Gasteiger partial charge in [-0.2, -0.15) is 4.79 Å². The van der Waals surface area contributed by atoms with Crippen LogP contribution in [0.4, 0.5) is 0 Å². The Morgan fingerprint density at radius 1 is 1.06 bits per heavy atom. The molecule has 1 atom stereocenters. The van der Waals surface area contributed by atoms with Crippen LogP contribution >= 0.6 is 0 Å². The van der Waals surface area contributed by atoms with E-state index < -0.39 is 11.7 Å². The number of nitrogens with zero attached hydrogens (tertiary/aromatic N) is 2. The molecule has 0 fully saturated rings. The second kappa shape index (κ2) is 4.04. The molecule has 1 aromatic carbocycles. The van der Waals surface area contributed by atoms with E-state index in [1.54, 1.807) is 24.3 Å². The number of hydrogen-bond donors (Lipinski definition) is 0. The third-order valence-electron chi connectivity index (χ3n) is 2.45. The Bertz CT molecular complexity index is 525. The summed E-state index contributed by atoms with van der Waals surface area (Å²) in [6.45, 7) is 0. The van der Waals surface area contributed by atoms with Gasteiger partial charge in [-0.05, 0) is 17.7 Å². The molecule has 4 heteroatoms. The summed E-state index contributed by atoms with van der Waals surface area (Å²) in [7, 11) is 0. The standard InChI is InChI=1S/C12H8N2O2/c13-14-12-10(16)7-6-9(15)11(12)8-4-2-1-3-5-8/h1-7,11H. The highest BCUT2D eigenvalue weighted by atomic mass is 16.1. The van der Waals surface area contributed by atoms with Crippen LogP contribution < -0.4 is 0 Å². The fourth-order valence-electron chi connectivity index (χ4n) is 1.69. The minimum Gasteiger partial charge on any atom is -0.361 e. The summed E-state index contributed by atoms with van der Waals surface area (Å²) < 4.78 is 0. The van der Waals surface area contributed by atoms with Crippen LogP contribution in [-0.2, 0) is 9.59 Å². The average molecular weight is 212 g/mol. The fraction of sp³-hybridized carbons (Fsp3) is 0.0833. The zero-order valence-corrected chi connectivity index (χ0v) is 8.33. The summed E-state index contributed by atoms with van der Waals surface area (Å²) in [5.41, 5.74) is 9.32. The Balaban J connectivity index is 2.55. The van der Waals surface area contributed by atoms with Crippen LogP contribution in [0.15, 0.2) is 42.5 Å². The van der Waals surface area contributed by atoms with Gasteiger partial charge in [-0.25, -0.2) is 0 Å². The molecular weight excluding hydrogens is 204 g/mol. The van der Waals surface area contributed by atoms with Gasteiger partial charge in [0, 0.05) is 0 Å². The second-order valence-electron chi connectivity index (χ2n) is 3.43. The maximum absolute atomic E-state index is 11.7. The molecule has 16 heavy (non-hydrogen) atoms. The lowest BCUT2D eigenvalue weighted by atomic mass is 9.84. The molecule has 2 rings (SSSR count). The van der Waals surface area contributed by atoms with E-state index in [1.807, 2.05) is 6.07 Å². The van der Waals surface area contributed by atoms with Crippen LogP contribution in [-0.4, -0.2) is 22.1 Å². The smallest absolute Gasteiger partial charge is 0.353 e. The number of allylic oxidation sites excluding steroid dienone is 2. The van der Waals surface area contributed by atoms with E-state index in [0.29, 0.717) is 5.56 Å². The first kappa shape index (κ1) is 10.2. The zero-order valence-electron chi connectivity index (χ0n) is 8.33. The topological polar surface area (TPSA) is 70.5 Å². The van der Waals surface area contributed by atoms with Gasteiger partial charge in [0.05, 0.1) is 0 Å². The molecule has 0 amide bonds. The molecule has 1 aliphatic rings. The third kappa shape index (κ3) is 1.62. The van der Waals surface area contributed by atoms with Gasteiger partial charge in [0.25, 0.3) is 5.78 Å². The monoisotopic (exact) mass is 212 g/mol. The molecule has 0 heterocycles. The normalized spacial score (nSPS) is 19.8. The molecule has 0 N–H and O–H groups in total. The fourth-order valence-corrected chi connectivity index (χ4v) is 1.69. The molecule has 1 aliphatic carbocycles.